The molecule has 4 rings (SSSR count). The standard InChI is InChI=1S/C23H25N3O3S/c1-28-17-5-3-4-15(10-17)11-22-26-21(14-30-22)23(27)24-9-8-16-13-25-20-7-6-18(29-2)12-19(16)20/h3-7,10,12-13,21,25H,8-9,11,14H2,1-2H3,(H,24,27)/t21-/m0/s1. The zero-order valence-electron chi connectivity index (χ0n) is 17.1. The Morgan fingerprint density at radius 1 is 1.20 bits per heavy atom. The Kier molecular flexibility index (Phi) is 6.28. The number of carbonyl (C=O) groups excluding carboxylic acids is 1. The molecule has 1 aliphatic rings. The Labute approximate surface area is 180 Å². The van der Waals surface area contributed by atoms with E-state index in [1.807, 2.05) is 42.6 Å². The summed E-state index contributed by atoms with van der Waals surface area (Å²) >= 11 is 1.65. The van der Waals surface area contributed by atoms with Gasteiger partial charge in [-0.15, -0.1) is 11.8 Å². The highest BCUT2D eigenvalue weighted by molar-refractivity contribution is 8.14. The molecular weight excluding hydrogens is 398 g/mol. The number of benzene rings is 2. The van der Waals surface area contributed by atoms with Gasteiger partial charge in [-0.25, -0.2) is 0 Å². The van der Waals surface area contributed by atoms with Crippen molar-refractivity contribution in [1.82, 2.24) is 10.3 Å². The number of nitrogens with zero attached hydrogens (tertiary/aromatic N) is 1. The van der Waals surface area contributed by atoms with Gasteiger partial charge in [0, 0.05) is 35.8 Å². The van der Waals surface area contributed by atoms with E-state index < -0.39 is 0 Å². The number of fused-ring (bicyclic) bond motifs is 1. The number of hydrogen-bond donors (Lipinski definition) is 2. The zero-order chi connectivity index (χ0) is 20.9. The predicted molar refractivity (Wildman–Crippen MR) is 122 cm³/mol. The van der Waals surface area contributed by atoms with Crippen LogP contribution in [0.4, 0.5) is 0 Å². The number of H-pyrrole nitrogens is 1. The fourth-order valence-electron chi connectivity index (χ4n) is 3.54. The van der Waals surface area contributed by atoms with E-state index in [-0.39, 0.29) is 11.9 Å². The molecule has 0 aliphatic carbocycles. The number of rotatable bonds is 8. The lowest BCUT2D eigenvalue weighted by Gasteiger charge is -2.08. The Balaban J connectivity index is 1.31. The van der Waals surface area contributed by atoms with Crippen molar-refractivity contribution in [3.63, 3.8) is 0 Å². The summed E-state index contributed by atoms with van der Waals surface area (Å²) in [5.41, 5.74) is 3.36. The van der Waals surface area contributed by atoms with Crippen molar-refractivity contribution >= 4 is 33.6 Å². The Bertz CT molecular complexity index is 1080. The molecule has 0 bridgehead atoms. The first-order valence-corrected chi connectivity index (χ1v) is 10.9. The number of ether oxygens (including phenoxy) is 2. The SMILES string of the molecule is COc1cccc(CC2=N[C@H](C(=O)NCCc3c[nH]c4ccc(OC)cc34)CS2)c1. The summed E-state index contributed by atoms with van der Waals surface area (Å²) in [7, 11) is 3.32. The third-order valence-electron chi connectivity index (χ3n) is 5.17. The molecule has 6 nitrogen and oxygen atoms in total. The molecule has 0 saturated carbocycles. The molecule has 2 heterocycles. The van der Waals surface area contributed by atoms with Crippen LogP contribution in [0.3, 0.4) is 0 Å². The predicted octanol–water partition coefficient (Wildman–Crippen LogP) is 3.60. The van der Waals surface area contributed by atoms with Gasteiger partial charge in [0.2, 0.25) is 5.91 Å². The van der Waals surface area contributed by atoms with Gasteiger partial charge in [0.1, 0.15) is 17.5 Å². The van der Waals surface area contributed by atoms with Gasteiger partial charge >= 0.3 is 0 Å². The van der Waals surface area contributed by atoms with Crippen LogP contribution in [0.25, 0.3) is 10.9 Å². The number of hydrogen-bond acceptors (Lipinski definition) is 5. The smallest absolute Gasteiger partial charge is 0.245 e. The monoisotopic (exact) mass is 423 g/mol. The number of nitrogens with one attached hydrogen (secondary N) is 2. The van der Waals surface area contributed by atoms with Crippen LogP contribution in [-0.4, -0.2) is 48.5 Å². The second-order valence-corrected chi connectivity index (χ2v) is 8.24. The summed E-state index contributed by atoms with van der Waals surface area (Å²) in [5, 5.41) is 5.15. The van der Waals surface area contributed by atoms with Crippen LogP contribution in [-0.2, 0) is 17.6 Å². The highest BCUT2D eigenvalue weighted by Gasteiger charge is 2.24. The van der Waals surface area contributed by atoms with E-state index in [1.165, 1.54) is 0 Å². The maximum atomic E-state index is 12.6. The average molecular weight is 424 g/mol. The molecule has 0 spiro atoms. The highest BCUT2D eigenvalue weighted by Crippen LogP contribution is 2.25. The summed E-state index contributed by atoms with van der Waals surface area (Å²) in [6.45, 7) is 0.574. The van der Waals surface area contributed by atoms with Gasteiger partial charge in [0.15, 0.2) is 0 Å². The molecular formula is C23H25N3O3S. The van der Waals surface area contributed by atoms with Crippen molar-refractivity contribution in [2.45, 2.75) is 18.9 Å². The van der Waals surface area contributed by atoms with Crippen molar-refractivity contribution < 1.29 is 14.3 Å². The quantitative estimate of drug-likeness (QED) is 0.581. The maximum Gasteiger partial charge on any atom is 0.245 e. The molecule has 0 unspecified atom stereocenters. The van der Waals surface area contributed by atoms with E-state index in [0.717, 1.165) is 51.4 Å². The molecule has 156 valence electrons. The average Bonchev–Trinajstić information content (AvgIpc) is 3.40. The lowest BCUT2D eigenvalue weighted by atomic mass is 10.1. The van der Waals surface area contributed by atoms with Gasteiger partial charge in [0.05, 0.1) is 19.3 Å². The first kappa shape index (κ1) is 20.3. The summed E-state index contributed by atoms with van der Waals surface area (Å²) in [6, 6.07) is 13.6. The molecule has 1 amide bonds. The molecule has 30 heavy (non-hydrogen) atoms. The summed E-state index contributed by atoms with van der Waals surface area (Å²) in [6.07, 6.45) is 3.47. The fraction of sp³-hybridized carbons (Fsp3) is 0.304. The first-order valence-electron chi connectivity index (χ1n) is 9.90. The molecule has 0 fully saturated rings. The van der Waals surface area contributed by atoms with Crippen molar-refractivity contribution in [3.05, 3.63) is 59.8 Å². The van der Waals surface area contributed by atoms with Crippen LogP contribution in [0.1, 0.15) is 11.1 Å². The minimum atomic E-state index is -0.321. The van der Waals surface area contributed by atoms with Gasteiger partial charge in [-0.05, 0) is 47.9 Å². The number of aromatic amines is 1. The molecule has 2 N–H and O–H groups in total. The molecule has 1 aromatic heterocycles. The molecule has 7 heteroatoms. The minimum Gasteiger partial charge on any atom is -0.497 e. The van der Waals surface area contributed by atoms with Gasteiger partial charge in [-0.3, -0.25) is 9.79 Å². The number of thioether (sulfide) groups is 1. The molecule has 1 atom stereocenters. The lowest BCUT2D eigenvalue weighted by Crippen LogP contribution is -2.35. The third kappa shape index (κ3) is 4.62. The Morgan fingerprint density at radius 3 is 2.87 bits per heavy atom. The van der Waals surface area contributed by atoms with Crippen molar-refractivity contribution in [2.24, 2.45) is 4.99 Å². The second-order valence-electron chi connectivity index (χ2n) is 7.14. The molecule has 0 saturated heterocycles. The van der Waals surface area contributed by atoms with E-state index in [2.05, 4.69) is 21.4 Å². The molecule has 2 aromatic carbocycles. The Hall–Kier alpha value is -2.93. The number of methoxy groups -OCH3 is 2. The number of carbonyl (C=O) groups is 1. The van der Waals surface area contributed by atoms with Crippen molar-refractivity contribution in [3.8, 4) is 11.5 Å². The highest BCUT2D eigenvalue weighted by atomic mass is 32.2. The van der Waals surface area contributed by atoms with Gasteiger partial charge in [-0.1, -0.05) is 12.1 Å². The van der Waals surface area contributed by atoms with Gasteiger partial charge in [0.25, 0.3) is 0 Å². The Morgan fingerprint density at radius 2 is 2.03 bits per heavy atom. The van der Waals surface area contributed by atoms with E-state index in [9.17, 15) is 4.79 Å². The van der Waals surface area contributed by atoms with Gasteiger partial charge < -0.3 is 19.8 Å². The van der Waals surface area contributed by atoms with Crippen molar-refractivity contribution in [1.29, 1.82) is 0 Å². The molecule has 0 radical (unpaired) electrons. The molecule has 1 aliphatic heterocycles. The first-order chi connectivity index (χ1) is 14.7. The minimum absolute atomic E-state index is 0.0134. The summed E-state index contributed by atoms with van der Waals surface area (Å²) in [4.78, 5) is 20.5. The lowest BCUT2D eigenvalue weighted by molar-refractivity contribution is -0.121. The third-order valence-corrected chi connectivity index (χ3v) is 6.23. The topological polar surface area (TPSA) is 75.7 Å². The zero-order valence-corrected chi connectivity index (χ0v) is 17.9. The largest absolute Gasteiger partial charge is 0.497 e. The van der Waals surface area contributed by atoms with E-state index in [0.29, 0.717) is 12.3 Å². The normalized spacial score (nSPS) is 15.8. The van der Waals surface area contributed by atoms with Crippen LogP contribution >= 0.6 is 11.8 Å². The van der Waals surface area contributed by atoms with Crippen molar-refractivity contribution in [2.75, 3.05) is 26.5 Å². The van der Waals surface area contributed by atoms with Gasteiger partial charge in [-0.2, -0.15) is 0 Å². The van der Waals surface area contributed by atoms with Crippen LogP contribution in [0, 0.1) is 0 Å². The van der Waals surface area contributed by atoms with Crippen LogP contribution in [0.15, 0.2) is 53.7 Å². The van der Waals surface area contributed by atoms with Crippen LogP contribution < -0.4 is 14.8 Å². The van der Waals surface area contributed by atoms with E-state index in [1.54, 1.807) is 26.0 Å². The second kappa shape index (κ2) is 9.26. The fourth-order valence-corrected chi connectivity index (χ4v) is 4.59. The van der Waals surface area contributed by atoms with Crippen LogP contribution in [0.2, 0.25) is 0 Å². The summed E-state index contributed by atoms with van der Waals surface area (Å²) in [5.74, 6) is 2.34. The number of amides is 1. The number of aliphatic imine (C=N–C) groups is 1. The van der Waals surface area contributed by atoms with E-state index in [4.69, 9.17) is 9.47 Å². The number of aromatic nitrogens is 1. The summed E-state index contributed by atoms with van der Waals surface area (Å²) < 4.78 is 10.6. The van der Waals surface area contributed by atoms with E-state index >= 15 is 0 Å². The maximum absolute atomic E-state index is 12.6. The molecule has 3 aromatic rings. The van der Waals surface area contributed by atoms with Crippen LogP contribution in [0.5, 0.6) is 11.5 Å².